The minimum Gasteiger partial charge on any atom is -0.404 e. The minimum absolute atomic E-state index is 0.130. The van der Waals surface area contributed by atoms with Gasteiger partial charge in [-0.25, -0.2) is 9.37 Å². The highest BCUT2D eigenvalue weighted by Gasteiger charge is 2.39. The molecule has 0 saturated heterocycles. The molecule has 0 spiro atoms. The Morgan fingerprint density at radius 3 is 2.11 bits per heavy atom. The molecule has 10 heteroatoms. The van der Waals surface area contributed by atoms with E-state index in [-0.39, 0.29) is 6.07 Å². The summed E-state index contributed by atoms with van der Waals surface area (Å²) in [6, 6.07) is -0.130. The number of aliphatic hydroxyl groups excluding tert-OH is 1. The molecule has 0 atom stereocenters. The topological polar surface area (TPSA) is 42.4 Å². The number of ether oxygens (including phenoxy) is 1. The number of aromatic nitrogens is 1. The van der Waals surface area contributed by atoms with Crippen LogP contribution >= 0.6 is 0 Å². The van der Waals surface area contributed by atoms with Crippen molar-refractivity contribution in [3.8, 4) is 5.75 Å². The van der Waals surface area contributed by atoms with Crippen molar-refractivity contribution in [1.82, 2.24) is 4.98 Å². The van der Waals surface area contributed by atoms with Gasteiger partial charge in [0.05, 0.1) is 6.61 Å². The summed E-state index contributed by atoms with van der Waals surface area (Å²) >= 11 is 0. The van der Waals surface area contributed by atoms with Gasteiger partial charge in [-0.3, -0.25) is 0 Å². The van der Waals surface area contributed by atoms with Crippen molar-refractivity contribution >= 4 is 0 Å². The van der Waals surface area contributed by atoms with Gasteiger partial charge >= 0.3 is 12.5 Å². The molecule has 0 unspecified atom stereocenters. The molecule has 0 aromatic carbocycles. The Morgan fingerprint density at radius 1 is 1.17 bits per heavy atom. The van der Waals surface area contributed by atoms with Gasteiger partial charge in [0.15, 0.2) is 17.3 Å². The summed E-state index contributed by atoms with van der Waals surface area (Å²) in [4.78, 5) is 2.57. The highest BCUT2D eigenvalue weighted by molar-refractivity contribution is 5.31. The molecule has 3 nitrogen and oxygen atoms in total. The number of halogens is 7. The lowest BCUT2D eigenvalue weighted by Gasteiger charge is -2.14. The Morgan fingerprint density at radius 2 is 1.72 bits per heavy atom. The summed E-state index contributed by atoms with van der Waals surface area (Å²) in [5, 5.41) is 8.60. The Bertz CT molecular complexity index is 440. The number of aliphatic hydroxyl groups is 1. The first-order valence-electron chi connectivity index (χ1n) is 4.18. The van der Waals surface area contributed by atoms with Gasteiger partial charge in [0.2, 0.25) is 0 Å². The molecule has 0 amide bonds. The van der Waals surface area contributed by atoms with Gasteiger partial charge in [-0.1, -0.05) is 0 Å². The normalized spacial score (nSPS) is 12.7. The van der Waals surface area contributed by atoms with Crippen molar-refractivity contribution < 1.29 is 40.6 Å². The summed E-state index contributed by atoms with van der Waals surface area (Å²) in [6.07, 6.45) is -10.4. The SMILES string of the molecule is OCc1nc(C(F)(F)F)c(F)cc1OC(F)(F)F. The molecule has 1 aromatic heterocycles. The number of hydrogen-bond donors (Lipinski definition) is 1. The zero-order chi connectivity index (χ0) is 14.1. The number of hydrogen-bond acceptors (Lipinski definition) is 3. The maximum atomic E-state index is 12.9. The smallest absolute Gasteiger partial charge is 0.404 e. The average Bonchev–Trinajstić information content (AvgIpc) is 2.13. The second kappa shape index (κ2) is 4.59. The fourth-order valence-electron chi connectivity index (χ4n) is 1.04. The lowest BCUT2D eigenvalue weighted by molar-refractivity contribution is -0.275. The average molecular weight is 279 g/mol. The van der Waals surface area contributed by atoms with E-state index in [1.807, 2.05) is 0 Å². The summed E-state index contributed by atoms with van der Waals surface area (Å²) in [6.45, 7) is -1.27. The maximum Gasteiger partial charge on any atom is 0.573 e. The number of rotatable bonds is 2. The minimum atomic E-state index is -5.24. The third-order valence-corrected chi connectivity index (χ3v) is 1.66. The van der Waals surface area contributed by atoms with Crippen molar-refractivity contribution in [1.29, 1.82) is 0 Å². The van der Waals surface area contributed by atoms with E-state index < -0.39 is 42.1 Å². The van der Waals surface area contributed by atoms with Gasteiger partial charge < -0.3 is 9.84 Å². The Hall–Kier alpha value is -1.58. The largest absolute Gasteiger partial charge is 0.573 e. The molecule has 0 aliphatic carbocycles. The lowest BCUT2D eigenvalue weighted by Crippen LogP contribution is -2.20. The van der Waals surface area contributed by atoms with Crippen LogP contribution in [0, 0.1) is 5.82 Å². The maximum absolute atomic E-state index is 12.9. The zero-order valence-corrected chi connectivity index (χ0v) is 8.23. The Labute approximate surface area is 94.8 Å². The predicted molar refractivity (Wildman–Crippen MR) is 41.8 cm³/mol. The van der Waals surface area contributed by atoms with Crippen LogP contribution in [0.4, 0.5) is 30.7 Å². The third-order valence-electron chi connectivity index (χ3n) is 1.66. The number of alkyl halides is 6. The molecule has 0 saturated carbocycles. The Balaban J connectivity index is 3.28. The first-order valence-corrected chi connectivity index (χ1v) is 4.18. The Kier molecular flexibility index (Phi) is 3.70. The fraction of sp³-hybridized carbons (Fsp3) is 0.375. The molecule has 1 heterocycles. The molecular formula is C8H4F7NO2. The highest BCUT2D eigenvalue weighted by Crippen LogP contribution is 2.34. The van der Waals surface area contributed by atoms with Crippen LogP contribution in [0.1, 0.15) is 11.4 Å². The molecule has 1 N–H and O–H groups in total. The molecule has 0 fully saturated rings. The zero-order valence-electron chi connectivity index (χ0n) is 8.23. The van der Waals surface area contributed by atoms with Gasteiger partial charge in [0.25, 0.3) is 0 Å². The van der Waals surface area contributed by atoms with Crippen molar-refractivity contribution in [2.75, 3.05) is 0 Å². The van der Waals surface area contributed by atoms with Crippen molar-refractivity contribution in [3.63, 3.8) is 0 Å². The van der Waals surface area contributed by atoms with E-state index in [0.29, 0.717) is 0 Å². The van der Waals surface area contributed by atoms with Crippen LogP contribution in [0.5, 0.6) is 5.75 Å². The van der Waals surface area contributed by atoms with E-state index in [1.54, 1.807) is 0 Å². The van der Waals surface area contributed by atoms with Gasteiger partial charge in [-0.05, 0) is 0 Å². The third kappa shape index (κ3) is 3.45. The quantitative estimate of drug-likeness (QED) is 0.846. The molecular weight excluding hydrogens is 275 g/mol. The summed E-state index contributed by atoms with van der Waals surface area (Å²) in [5.74, 6) is -3.35. The first kappa shape index (κ1) is 14.5. The second-order valence-corrected chi connectivity index (χ2v) is 2.97. The predicted octanol–water partition coefficient (Wildman–Crippen LogP) is 2.63. The lowest BCUT2D eigenvalue weighted by atomic mass is 10.2. The van der Waals surface area contributed by atoms with Gasteiger partial charge in [0, 0.05) is 6.07 Å². The van der Waals surface area contributed by atoms with Crippen LogP contribution in [0.25, 0.3) is 0 Å². The van der Waals surface area contributed by atoms with Gasteiger partial charge in [-0.15, -0.1) is 13.2 Å². The van der Waals surface area contributed by atoms with E-state index in [0.717, 1.165) is 0 Å². The van der Waals surface area contributed by atoms with Crippen LogP contribution in [0.2, 0.25) is 0 Å². The summed E-state index contributed by atoms with van der Waals surface area (Å²) in [5.41, 5.74) is -3.10. The van der Waals surface area contributed by atoms with Gasteiger partial charge in [0.1, 0.15) is 5.69 Å². The highest BCUT2D eigenvalue weighted by atomic mass is 19.4. The van der Waals surface area contributed by atoms with Crippen LogP contribution in [-0.4, -0.2) is 16.5 Å². The van der Waals surface area contributed by atoms with E-state index in [9.17, 15) is 30.7 Å². The summed E-state index contributed by atoms with van der Waals surface area (Å²) < 4.78 is 88.3. The summed E-state index contributed by atoms with van der Waals surface area (Å²) in [7, 11) is 0. The van der Waals surface area contributed by atoms with Crippen LogP contribution in [-0.2, 0) is 12.8 Å². The molecule has 0 bridgehead atoms. The molecule has 1 aromatic rings. The van der Waals surface area contributed by atoms with E-state index in [2.05, 4.69) is 9.72 Å². The number of nitrogens with zero attached hydrogens (tertiary/aromatic N) is 1. The molecule has 0 radical (unpaired) electrons. The van der Waals surface area contributed by atoms with E-state index >= 15 is 0 Å². The number of pyridine rings is 1. The van der Waals surface area contributed by atoms with Crippen LogP contribution < -0.4 is 4.74 Å². The van der Waals surface area contributed by atoms with Crippen molar-refractivity contribution in [3.05, 3.63) is 23.3 Å². The van der Waals surface area contributed by atoms with E-state index in [4.69, 9.17) is 5.11 Å². The molecule has 1 rings (SSSR count). The molecule has 18 heavy (non-hydrogen) atoms. The second-order valence-electron chi connectivity index (χ2n) is 2.97. The monoisotopic (exact) mass is 279 g/mol. The molecule has 0 aliphatic heterocycles. The van der Waals surface area contributed by atoms with Crippen LogP contribution in [0.15, 0.2) is 6.07 Å². The standard InChI is InChI=1S/C8H4F7NO2/c9-3-1-5(18-8(13,14)15)4(2-17)16-6(3)7(10,11)12/h1,17H,2H2. The molecule has 102 valence electrons. The van der Waals surface area contributed by atoms with Gasteiger partial charge in [-0.2, -0.15) is 13.2 Å². The van der Waals surface area contributed by atoms with Crippen LogP contribution in [0.3, 0.4) is 0 Å². The first-order chi connectivity index (χ1) is 8.04. The fourth-order valence-corrected chi connectivity index (χ4v) is 1.04. The van der Waals surface area contributed by atoms with Crippen molar-refractivity contribution in [2.45, 2.75) is 19.1 Å². The van der Waals surface area contributed by atoms with Crippen molar-refractivity contribution in [2.24, 2.45) is 0 Å². The van der Waals surface area contributed by atoms with E-state index in [1.165, 1.54) is 0 Å². The molecule has 0 aliphatic rings.